The van der Waals surface area contributed by atoms with Crippen LogP contribution in [0.15, 0.2) is 53.4 Å². The Bertz CT molecular complexity index is 772. The minimum Gasteiger partial charge on any atom is -0.207 e. The van der Waals surface area contributed by atoms with Crippen LogP contribution in [0.3, 0.4) is 0 Å². The van der Waals surface area contributed by atoms with Crippen molar-refractivity contribution < 1.29 is 12.8 Å². The largest absolute Gasteiger partial charge is 0.243 e. The zero-order valence-electron chi connectivity index (χ0n) is 12.4. The number of hydrogen-bond donors (Lipinski definition) is 0. The third-order valence-electron chi connectivity index (χ3n) is 4.05. The Kier molecular flexibility index (Phi) is 4.02. The molecule has 1 saturated heterocycles. The molecule has 0 aliphatic carbocycles. The molecular formula is C17H18FNO2S. The molecule has 0 N–H and O–H groups in total. The van der Waals surface area contributed by atoms with E-state index in [1.807, 2.05) is 31.2 Å². The number of benzene rings is 2. The third-order valence-corrected chi connectivity index (χ3v) is 5.97. The van der Waals surface area contributed by atoms with E-state index in [1.54, 1.807) is 0 Å². The van der Waals surface area contributed by atoms with Gasteiger partial charge in [-0.05, 0) is 49.6 Å². The van der Waals surface area contributed by atoms with E-state index in [1.165, 1.54) is 28.6 Å². The van der Waals surface area contributed by atoms with E-state index in [4.69, 9.17) is 0 Å². The average molecular weight is 319 g/mol. The monoisotopic (exact) mass is 319 g/mol. The van der Waals surface area contributed by atoms with E-state index in [0.29, 0.717) is 6.54 Å². The predicted octanol–water partition coefficient (Wildman–Crippen LogP) is 3.66. The first-order valence-corrected chi connectivity index (χ1v) is 8.76. The summed E-state index contributed by atoms with van der Waals surface area (Å²) in [4.78, 5) is 0.147. The lowest BCUT2D eigenvalue weighted by Crippen LogP contribution is -2.30. The van der Waals surface area contributed by atoms with Gasteiger partial charge in [0.05, 0.1) is 10.9 Å². The zero-order valence-corrected chi connectivity index (χ0v) is 13.2. The van der Waals surface area contributed by atoms with Gasteiger partial charge in [0.25, 0.3) is 0 Å². The van der Waals surface area contributed by atoms with E-state index < -0.39 is 15.8 Å². The van der Waals surface area contributed by atoms with Crippen LogP contribution in [0.4, 0.5) is 4.39 Å². The molecule has 5 heteroatoms. The number of nitrogens with zero attached hydrogens (tertiary/aromatic N) is 1. The van der Waals surface area contributed by atoms with Gasteiger partial charge in [-0.15, -0.1) is 0 Å². The van der Waals surface area contributed by atoms with Crippen LogP contribution < -0.4 is 0 Å². The van der Waals surface area contributed by atoms with Crippen LogP contribution in [0, 0.1) is 12.7 Å². The van der Waals surface area contributed by atoms with Gasteiger partial charge in [0.1, 0.15) is 5.82 Å². The predicted molar refractivity (Wildman–Crippen MR) is 83.4 cm³/mol. The Labute approximate surface area is 130 Å². The Balaban J connectivity index is 1.97. The van der Waals surface area contributed by atoms with Gasteiger partial charge in [-0.2, -0.15) is 4.31 Å². The second-order valence-corrected chi connectivity index (χ2v) is 7.53. The van der Waals surface area contributed by atoms with Gasteiger partial charge in [0.2, 0.25) is 10.0 Å². The fourth-order valence-electron chi connectivity index (χ4n) is 2.98. The smallest absolute Gasteiger partial charge is 0.207 e. The van der Waals surface area contributed by atoms with Crippen LogP contribution >= 0.6 is 0 Å². The van der Waals surface area contributed by atoms with E-state index in [9.17, 15) is 12.8 Å². The number of halogens is 1. The molecule has 0 unspecified atom stereocenters. The fourth-order valence-corrected chi connectivity index (χ4v) is 4.66. The maximum Gasteiger partial charge on any atom is 0.243 e. The third kappa shape index (κ3) is 2.78. The van der Waals surface area contributed by atoms with Crippen LogP contribution in [0.5, 0.6) is 0 Å². The Morgan fingerprint density at radius 2 is 1.86 bits per heavy atom. The summed E-state index contributed by atoms with van der Waals surface area (Å²) < 4.78 is 40.2. The molecule has 0 aromatic heterocycles. The summed E-state index contributed by atoms with van der Waals surface area (Å²) in [6.07, 6.45) is 1.64. The van der Waals surface area contributed by atoms with Gasteiger partial charge >= 0.3 is 0 Å². The topological polar surface area (TPSA) is 37.4 Å². The molecule has 1 aliphatic rings. The van der Waals surface area contributed by atoms with Crippen molar-refractivity contribution in [2.45, 2.75) is 30.7 Å². The minimum absolute atomic E-state index is 0.144. The highest BCUT2D eigenvalue weighted by Crippen LogP contribution is 2.36. The van der Waals surface area contributed by atoms with E-state index in [2.05, 4.69) is 0 Å². The zero-order chi connectivity index (χ0) is 15.7. The molecule has 3 nitrogen and oxygen atoms in total. The lowest BCUT2D eigenvalue weighted by atomic mass is 10.0. The second kappa shape index (κ2) is 5.82. The van der Waals surface area contributed by atoms with Gasteiger partial charge in [0.15, 0.2) is 0 Å². The SMILES string of the molecule is Cc1cccc([C@@H]2CCCN2S(=O)(=O)c2ccc(F)cc2)c1. The van der Waals surface area contributed by atoms with Crippen LogP contribution in [0.1, 0.15) is 30.0 Å². The fraction of sp³-hybridized carbons (Fsp3) is 0.294. The highest BCUT2D eigenvalue weighted by Gasteiger charge is 2.36. The minimum atomic E-state index is -3.60. The van der Waals surface area contributed by atoms with Gasteiger partial charge in [-0.25, -0.2) is 12.8 Å². The first-order chi connectivity index (χ1) is 10.5. The first-order valence-electron chi connectivity index (χ1n) is 7.32. The molecule has 2 aromatic rings. The van der Waals surface area contributed by atoms with Crippen LogP contribution in [-0.4, -0.2) is 19.3 Å². The second-order valence-electron chi connectivity index (χ2n) is 5.64. The molecule has 0 saturated carbocycles. The first kappa shape index (κ1) is 15.2. The molecule has 1 fully saturated rings. The molecule has 116 valence electrons. The molecule has 0 spiro atoms. The molecular weight excluding hydrogens is 301 g/mol. The van der Waals surface area contributed by atoms with Gasteiger partial charge in [0, 0.05) is 6.54 Å². The summed E-state index contributed by atoms with van der Waals surface area (Å²) in [5.74, 6) is -0.435. The highest BCUT2D eigenvalue weighted by atomic mass is 32.2. The molecule has 3 rings (SSSR count). The molecule has 0 amide bonds. The van der Waals surface area contributed by atoms with Crippen LogP contribution in [-0.2, 0) is 10.0 Å². The lowest BCUT2D eigenvalue weighted by molar-refractivity contribution is 0.396. The van der Waals surface area contributed by atoms with E-state index >= 15 is 0 Å². The van der Waals surface area contributed by atoms with Gasteiger partial charge in [-0.1, -0.05) is 29.8 Å². The van der Waals surface area contributed by atoms with Crippen molar-refractivity contribution in [1.29, 1.82) is 0 Å². The Morgan fingerprint density at radius 3 is 2.55 bits per heavy atom. The van der Waals surface area contributed by atoms with Crippen molar-refractivity contribution in [2.24, 2.45) is 0 Å². The van der Waals surface area contributed by atoms with Crippen molar-refractivity contribution in [3.63, 3.8) is 0 Å². The molecule has 2 aromatic carbocycles. The van der Waals surface area contributed by atoms with Crippen molar-refractivity contribution in [3.05, 3.63) is 65.5 Å². The Hall–Kier alpha value is -1.72. The summed E-state index contributed by atoms with van der Waals surface area (Å²) in [6, 6.07) is 12.8. The van der Waals surface area contributed by atoms with E-state index in [-0.39, 0.29) is 10.9 Å². The molecule has 0 bridgehead atoms. The molecule has 0 radical (unpaired) electrons. The summed E-state index contributed by atoms with van der Waals surface area (Å²) in [5, 5.41) is 0. The van der Waals surface area contributed by atoms with Crippen LogP contribution in [0.25, 0.3) is 0 Å². The Morgan fingerprint density at radius 1 is 1.14 bits per heavy atom. The van der Waals surface area contributed by atoms with Crippen molar-refractivity contribution >= 4 is 10.0 Å². The average Bonchev–Trinajstić information content (AvgIpc) is 2.98. The molecule has 1 aliphatic heterocycles. The normalized spacial score (nSPS) is 19.5. The van der Waals surface area contributed by atoms with Crippen LogP contribution in [0.2, 0.25) is 0 Å². The quantitative estimate of drug-likeness (QED) is 0.866. The molecule has 1 atom stereocenters. The summed E-state index contributed by atoms with van der Waals surface area (Å²) >= 11 is 0. The van der Waals surface area contributed by atoms with Crippen molar-refractivity contribution in [3.8, 4) is 0 Å². The maximum atomic E-state index is 13.0. The number of hydrogen-bond acceptors (Lipinski definition) is 2. The summed E-state index contributed by atoms with van der Waals surface area (Å²) in [7, 11) is -3.60. The summed E-state index contributed by atoms with van der Waals surface area (Å²) in [6.45, 7) is 2.50. The lowest BCUT2D eigenvalue weighted by Gasteiger charge is -2.24. The van der Waals surface area contributed by atoms with E-state index in [0.717, 1.165) is 24.0 Å². The van der Waals surface area contributed by atoms with Gasteiger partial charge < -0.3 is 0 Å². The number of rotatable bonds is 3. The van der Waals surface area contributed by atoms with Crippen molar-refractivity contribution in [2.75, 3.05) is 6.54 Å². The molecule has 1 heterocycles. The standard InChI is InChI=1S/C17H18FNO2S/c1-13-4-2-5-14(12-13)17-6-3-11-19(17)22(20,21)16-9-7-15(18)8-10-16/h2,4-5,7-10,12,17H,3,6,11H2,1H3/t17-/m0/s1. The molecule has 22 heavy (non-hydrogen) atoms. The number of sulfonamides is 1. The van der Waals surface area contributed by atoms with Crippen molar-refractivity contribution in [1.82, 2.24) is 4.31 Å². The maximum absolute atomic E-state index is 13.0. The van der Waals surface area contributed by atoms with Gasteiger partial charge in [-0.3, -0.25) is 0 Å². The number of aryl methyl sites for hydroxylation is 1. The summed E-state index contributed by atoms with van der Waals surface area (Å²) in [5.41, 5.74) is 2.13. The highest BCUT2D eigenvalue weighted by molar-refractivity contribution is 7.89.